The second-order valence-electron chi connectivity index (χ2n) is 4.45. The van der Waals surface area contributed by atoms with Gasteiger partial charge in [0.2, 0.25) is 0 Å². The molecule has 0 spiro atoms. The maximum atomic E-state index is 12.0. The number of ether oxygens (including phenoxy) is 2. The number of benzene rings is 1. The van der Waals surface area contributed by atoms with Gasteiger partial charge in [0.15, 0.2) is 0 Å². The molecular weight excluding hydrogens is 262 g/mol. The number of nitrogens with one attached hydrogen (secondary N) is 1. The summed E-state index contributed by atoms with van der Waals surface area (Å²) in [5.74, 6) is -1.89. The van der Waals surface area contributed by atoms with Gasteiger partial charge in [0, 0.05) is 6.92 Å². The molecule has 1 aliphatic rings. The zero-order valence-corrected chi connectivity index (χ0v) is 11.0. The van der Waals surface area contributed by atoms with Crippen LogP contribution in [-0.2, 0) is 14.3 Å². The lowest BCUT2D eigenvalue weighted by Crippen LogP contribution is -2.33. The highest BCUT2D eigenvalue weighted by molar-refractivity contribution is 6.00. The van der Waals surface area contributed by atoms with Crippen LogP contribution in [0.1, 0.15) is 30.1 Å². The number of hydrogen-bond acceptors (Lipinski definition) is 6. The molecule has 0 radical (unpaired) electrons. The molecular formula is C14H15NO5. The molecule has 1 saturated heterocycles. The maximum absolute atomic E-state index is 12.0. The summed E-state index contributed by atoms with van der Waals surface area (Å²) < 4.78 is 9.72. The molecule has 1 heterocycles. The molecule has 0 saturated carbocycles. The Hall–Kier alpha value is -2.21. The Morgan fingerprint density at radius 3 is 2.65 bits per heavy atom. The van der Waals surface area contributed by atoms with Gasteiger partial charge in [-0.25, -0.2) is 9.59 Å². The fourth-order valence-electron chi connectivity index (χ4n) is 1.98. The molecule has 6 nitrogen and oxygen atoms in total. The third-order valence-corrected chi connectivity index (χ3v) is 2.90. The number of carbonyl (C=O) groups is 3. The third-order valence-electron chi connectivity index (χ3n) is 2.90. The first-order valence-electron chi connectivity index (χ1n) is 6.35. The highest BCUT2D eigenvalue weighted by Gasteiger charge is 2.27. The van der Waals surface area contributed by atoms with Gasteiger partial charge in [-0.05, 0) is 31.5 Å². The summed E-state index contributed by atoms with van der Waals surface area (Å²) in [6.45, 7) is 1.97. The van der Waals surface area contributed by atoms with E-state index in [2.05, 4.69) is 5.32 Å². The lowest BCUT2D eigenvalue weighted by molar-refractivity contribution is -0.139. The predicted molar refractivity (Wildman–Crippen MR) is 69.2 cm³/mol. The molecule has 1 aromatic carbocycles. The van der Waals surface area contributed by atoms with E-state index in [1.807, 2.05) is 0 Å². The number of hydrogen-bond donors (Lipinski definition) is 1. The lowest BCUT2D eigenvalue weighted by atomic mass is 10.2. The van der Waals surface area contributed by atoms with Crippen LogP contribution in [-0.4, -0.2) is 30.5 Å². The average Bonchev–Trinajstić information content (AvgIpc) is 2.92. The van der Waals surface area contributed by atoms with Crippen LogP contribution in [0.15, 0.2) is 24.3 Å². The Labute approximate surface area is 116 Å². The van der Waals surface area contributed by atoms with E-state index < -0.39 is 23.9 Å². The van der Waals surface area contributed by atoms with Gasteiger partial charge in [-0.2, -0.15) is 0 Å². The van der Waals surface area contributed by atoms with Gasteiger partial charge in [0.1, 0.15) is 17.4 Å². The largest absolute Gasteiger partial charge is 0.426 e. The summed E-state index contributed by atoms with van der Waals surface area (Å²) in [4.78, 5) is 34.7. The van der Waals surface area contributed by atoms with Gasteiger partial charge in [-0.1, -0.05) is 12.1 Å². The quantitative estimate of drug-likeness (QED) is 0.505. The molecule has 1 aliphatic heterocycles. The Bertz CT molecular complexity index is 534. The van der Waals surface area contributed by atoms with E-state index in [1.165, 1.54) is 19.1 Å². The van der Waals surface area contributed by atoms with E-state index in [9.17, 15) is 14.4 Å². The number of para-hydroxylation sites is 1. The van der Waals surface area contributed by atoms with Crippen LogP contribution in [0.2, 0.25) is 0 Å². The molecule has 0 unspecified atom stereocenters. The van der Waals surface area contributed by atoms with Crippen LogP contribution in [0.3, 0.4) is 0 Å². The molecule has 6 heteroatoms. The minimum Gasteiger partial charge on any atom is -0.426 e. The molecule has 0 amide bonds. The smallest absolute Gasteiger partial charge is 0.349 e. The Kier molecular flexibility index (Phi) is 4.47. The van der Waals surface area contributed by atoms with Crippen molar-refractivity contribution in [2.45, 2.75) is 25.8 Å². The van der Waals surface area contributed by atoms with Crippen LogP contribution < -0.4 is 10.1 Å². The van der Waals surface area contributed by atoms with Crippen LogP contribution in [0.25, 0.3) is 0 Å². The zero-order chi connectivity index (χ0) is 14.5. The Morgan fingerprint density at radius 1 is 1.25 bits per heavy atom. The summed E-state index contributed by atoms with van der Waals surface area (Å²) in [6, 6.07) is 5.68. The summed E-state index contributed by atoms with van der Waals surface area (Å²) in [7, 11) is 0. The molecule has 0 aliphatic carbocycles. The monoisotopic (exact) mass is 277 g/mol. The van der Waals surface area contributed by atoms with Gasteiger partial charge in [0.25, 0.3) is 0 Å². The molecule has 1 atom stereocenters. The van der Waals surface area contributed by atoms with Crippen molar-refractivity contribution in [2.75, 3.05) is 6.54 Å². The highest BCUT2D eigenvalue weighted by Crippen LogP contribution is 2.20. The fraction of sp³-hybridized carbons (Fsp3) is 0.357. The number of rotatable bonds is 3. The minimum absolute atomic E-state index is 0.0500. The summed E-state index contributed by atoms with van der Waals surface area (Å²) >= 11 is 0. The zero-order valence-electron chi connectivity index (χ0n) is 11.0. The van der Waals surface area contributed by atoms with E-state index in [0.717, 1.165) is 13.0 Å². The second-order valence-corrected chi connectivity index (χ2v) is 4.45. The Morgan fingerprint density at radius 2 is 2.00 bits per heavy atom. The third kappa shape index (κ3) is 3.42. The highest BCUT2D eigenvalue weighted by atomic mass is 16.6. The summed E-state index contributed by atoms with van der Waals surface area (Å²) in [6.07, 6.45) is 1.52. The SMILES string of the molecule is CC(=O)Oc1ccccc1C(=O)OC(=O)[C@@H]1CCCN1. The van der Waals surface area contributed by atoms with Gasteiger partial charge in [-0.3, -0.25) is 4.79 Å². The van der Waals surface area contributed by atoms with Crippen molar-refractivity contribution in [2.24, 2.45) is 0 Å². The predicted octanol–water partition coefficient (Wildman–Crippen LogP) is 1.05. The van der Waals surface area contributed by atoms with Gasteiger partial charge >= 0.3 is 17.9 Å². The second kappa shape index (κ2) is 6.29. The van der Waals surface area contributed by atoms with Crippen molar-refractivity contribution >= 4 is 17.9 Å². The van der Waals surface area contributed by atoms with E-state index >= 15 is 0 Å². The van der Waals surface area contributed by atoms with Gasteiger partial charge in [-0.15, -0.1) is 0 Å². The first-order valence-corrected chi connectivity index (χ1v) is 6.35. The first kappa shape index (κ1) is 14.2. The van der Waals surface area contributed by atoms with E-state index in [4.69, 9.17) is 9.47 Å². The normalized spacial score (nSPS) is 17.6. The van der Waals surface area contributed by atoms with Gasteiger partial charge in [0.05, 0.1) is 0 Å². The van der Waals surface area contributed by atoms with Crippen molar-refractivity contribution in [3.63, 3.8) is 0 Å². The van der Waals surface area contributed by atoms with Crippen LogP contribution in [0.4, 0.5) is 0 Å². The van der Waals surface area contributed by atoms with Crippen molar-refractivity contribution in [1.29, 1.82) is 0 Å². The number of esters is 3. The molecule has 20 heavy (non-hydrogen) atoms. The molecule has 1 aromatic rings. The topological polar surface area (TPSA) is 81.7 Å². The molecule has 106 valence electrons. The molecule has 0 aromatic heterocycles. The first-order chi connectivity index (χ1) is 9.58. The lowest BCUT2D eigenvalue weighted by Gasteiger charge is -2.10. The van der Waals surface area contributed by atoms with Crippen LogP contribution >= 0.6 is 0 Å². The maximum Gasteiger partial charge on any atom is 0.349 e. The van der Waals surface area contributed by atoms with Gasteiger partial charge < -0.3 is 14.8 Å². The fourth-order valence-corrected chi connectivity index (χ4v) is 1.98. The molecule has 1 N–H and O–H groups in total. The minimum atomic E-state index is -0.819. The van der Waals surface area contributed by atoms with Crippen molar-refractivity contribution in [1.82, 2.24) is 5.32 Å². The standard InChI is InChI=1S/C14H15NO5/c1-9(16)19-12-7-3-2-5-10(12)13(17)20-14(18)11-6-4-8-15-11/h2-3,5,7,11,15H,4,6,8H2,1H3/t11-/m0/s1. The Balaban J connectivity index is 2.08. The summed E-state index contributed by atoms with van der Waals surface area (Å²) in [5.41, 5.74) is 0.0500. The van der Waals surface area contributed by atoms with E-state index in [-0.39, 0.29) is 11.3 Å². The van der Waals surface area contributed by atoms with E-state index in [0.29, 0.717) is 6.42 Å². The number of carbonyl (C=O) groups excluding carboxylic acids is 3. The van der Waals surface area contributed by atoms with Crippen LogP contribution in [0.5, 0.6) is 5.75 Å². The molecule has 1 fully saturated rings. The van der Waals surface area contributed by atoms with Crippen molar-refractivity contribution < 1.29 is 23.9 Å². The molecule has 0 bridgehead atoms. The van der Waals surface area contributed by atoms with E-state index in [1.54, 1.807) is 12.1 Å². The van der Waals surface area contributed by atoms with Crippen LogP contribution in [0, 0.1) is 0 Å². The van der Waals surface area contributed by atoms with Crippen molar-refractivity contribution in [3.8, 4) is 5.75 Å². The van der Waals surface area contributed by atoms with Crippen molar-refractivity contribution in [3.05, 3.63) is 29.8 Å². The molecule has 2 rings (SSSR count). The summed E-state index contributed by atoms with van der Waals surface area (Å²) in [5, 5.41) is 2.95. The average molecular weight is 277 g/mol.